The van der Waals surface area contributed by atoms with Crippen molar-refractivity contribution in [2.24, 2.45) is 0 Å². The molecule has 1 saturated carbocycles. The molecule has 0 spiro atoms. The summed E-state index contributed by atoms with van der Waals surface area (Å²) in [5.74, 6) is 5.06. The van der Waals surface area contributed by atoms with Gasteiger partial charge in [0.15, 0.2) is 0 Å². The Morgan fingerprint density at radius 1 is 1.29 bits per heavy atom. The van der Waals surface area contributed by atoms with E-state index < -0.39 is 0 Å². The fourth-order valence-electron chi connectivity index (χ4n) is 2.31. The van der Waals surface area contributed by atoms with Crippen LogP contribution in [0.4, 0.5) is 11.6 Å². The molecule has 2 N–H and O–H groups in total. The minimum absolute atomic E-state index is 0.0788. The van der Waals surface area contributed by atoms with Gasteiger partial charge in [-0.2, -0.15) is 0 Å². The van der Waals surface area contributed by atoms with Crippen LogP contribution in [0.5, 0.6) is 0 Å². The molecular weight excluding hydrogens is 264 g/mol. The number of hydrogen-bond acceptors (Lipinski definition) is 5. The summed E-state index contributed by atoms with van der Waals surface area (Å²) < 4.78 is 5.66. The molecule has 5 heteroatoms. The Morgan fingerprint density at radius 2 is 2.05 bits per heavy atom. The van der Waals surface area contributed by atoms with Gasteiger partial charge >= 0.3 is 0 Å². The third-order valence-corrected chi connectivity index (χ3v) is 3.60. The predicted molar refractivity (Wildman–Crippen MR) is 83.7 cm³/mol. The molecular formula is C16H22N4O. The Morgan fingerprint density at radius 3 is 2.67 bits per heavy atom. The van der Waals surface area contributed by atoms with Crippen molar-refractivity contribution >= 4 is 11.6 Å². The second kappa shape index (κ2) is 5.76. The molecule has 5 nitrogen and oxygen atoms in total. The molecule has 2 aromatic rings. The van der Waals surface area contributed by atoms with Crippen LogP contribution in [0.15, 0.2) is 22.6 Å². The fraction of sp³-hybridized carbons (Fsp3) is 0.500. The number of aryl methyl sites for hydroxylation is 1. The zero-order valence-corrected chi connectivity index (χ0v) is 12.8. The van der Waals surface area contributed by atoms with Crippen molar-refractivity contribution in [3.8, 4) is 0 Å². The van der Waals surface area contributed by atoms with E-state index in [1.165, 1.54) is 12.8 Å². The van der Waals surface area contributed by atoms with Gasteiger partial charge in [-0.1, -0.05) is 0 Å². The molecule has 0 bridgehead atoms. The number of nitrogens with one attached hydrogen (secondary N) is 2. The van der Waals surface area contributed by atoms with Crippen molar-refractivity contribution in [3.63, 3.8) is 0 Å². The fourth-order valence-corrected chi connectivity index (χ4v) is 2.31. The maximum Gasteiger partial charge on any atom is 0.136 e. The van der Waals surface area contributed by atoms with Crippen molar-refractivity contribution < 1.29 is 4.42 Å². The molecule has 0 aliphatic heterocycles. The van der Waals surface area contributed by atoms with E-state index in [-0.39, 0.29) is 6.04 Å². The lowest BCUT2D eigenvalue weighted by molar-refractivity contribution is 0.466. The Bertz CT molecular complexity index is 618. The average molecular weight is 286 g/mol. The molecule has 1 aliphatic carbocycles. The minimum atomic E-state index is 0.0788. The highest BCUT2D eigenvalue weighted by Crippen LogP contribution is 2.39. The van der Waals surface area contributed by atoms with E-state index in [1.54, 1.807) is 0 Å². The first kappa shape index (κ1) is 13.9. The monoisotopic (exact) mass is 286 g/mol. The number of hydrogen-bond donors (Lipinski definition) is 2. The van der Waals surface area contributed by atoms with Gasteiger partial charge in [-0.3, -0.25) is 0 Å². The van der Waals surface area contributed by atoms with Crippen LogP contribution in [0.2, 0.25) is 0 Å². The highest BCUT2D eigenvalue weighted by molar-refractivity contribution is 5.49. The summed E-state index contributed by atoms with van der Waals surface area (Å²) in [7, 11) is 0. The normalized spacial score (nSPS) is 15.8. The number of furan rings is 1. The smallest absolute Gasteiger partial charge is 0.136 e. The Labute approximate surface area is 125 Å². The van der Waals surface area contributed by atoms with Crippen molar-refractivity contribution in [2.75, 3.05) is 17.2 Å². The van der Waals surface area contributed by atoms with Crippen LogP contribution in [0.1, 0.15) is 56.0 Å². The van der Waals surface area contributed by atoms with Crippen LogP contribution in [-0.2, 0) is 0 Å². The molecule has 0 amide bonds. The largest absolute Gasteiger partial charge is 0.464 e. The van der Waals surface area contributed by atoms with Crippen LogP contribution < -0.4 is 10.6 Å². The lowest BCUT2D eigenvalue weighted by Gasteiger charge is -2.14. The number of nitrogens with zero attached hydrogens (tertiary/aromatic N) is 2. The molecule has 1 fully saturated rings. The molecule has 0 saturated heterocycles. The third kappa shape index (κ3) is 3.35. The lowest BCUT2D eigenvalue weighted by atomic mass is 10.2. The Balaban J connectivity index is 1.80. The van der Waals surface area contributed by atoms with Crippen LogP contribution in [0.25, 0.3) is 0 Å². The zero-order valence-electron chi connectivity index (χ0n) is 12.8. The quantitative estimate of drug-likeness (QED) is 0.844. The van der Waals surface area contributed by atoms with Crippen molar-refractivity contribution in [3.05, 3.63) is 35.5 Å². The van der Waals surface area contributed by atoms with Gasteiger partial charge in [0.25, 0.3) is 0 Å². The topological polar surface area (TPSA) is 63.0 Å². The van der Waals surface area contributed by atoms with E-state index in [9.17, 15) is 0 Å². The molecule has 3 rings (SSSR count). The van der Waals surface area contributed by atoms with Gasteiger partial charge in [0.2, 0.25) is 0 Å². The summed E-state index contributed by atoms with van der Waals surface area (Å²) in [5.41, 5.74) is 0. The zero-order chi connectivity index (χ0) is 14.8. The summed E-state index contributed by atoms with van der Waals surface area (Å²) in [6, 6.07) is 6.02. The summed E-state index contributed by atoms with van der Waals surface area (Å²) in [5, 5.41) is 6.68. The van der Waals surface area contributed by atoms with E-state index in [1.807, 2.05) is 25.1 Å². The number of aromatic nitrogens is 2. The summed E-state index contributed by atoms with van der Waals surface area (Å²) in [4.78, 5) is 9.23. The average Bonchev–Trinajstić information content (AvgIpc) is 3.21. The van der Waals surface area contributed by atoms with Crippen molar-refractivity contribution in [1.82, 2.24) is 9.97 Å². The van der Waals surface area contributed by atoms with Gasteiger partial charge in [-0.05, 0) is 45.7 Å². The van der Waals surface area contributed by atoms with E-state index in [2.05, 4.69) is 34.4 Å². The molecule has 2 heterocycles. The minimum Gasteiger partial charge on any atom is -0.464 e. The summed E-state index contributed by atoms with van der Waals surface area (Å²) in [6.45, 7) is 6.95. The van der Waals surface area contributed by atoms with E-state index in [0.29, 0.717) is 5.92 Å². The molecule has 0 radical (unpaired) electrons. The SMILES string of the molecule is CCNc1cc(NC(C)c2ccc(C)o2)nc(C2CC2)n1. The molecule has 1 aliphatic rings. The standard InChI is InChI=1S/C16H22N4O/c1-4-17-14-9-15(20-16(19-14)12-6-7-12)18-11(3)13-8-5-10(2)21-13/h5,8-9,11-12H,4,6-7H2,1-3H3,(H2,17,18,19,20). The second-order valence-corrected chi connectivity index (χ2v) is 5.62. The lowest BCUT2D eigenvalue weighted by Crippen LogP contribution is -2.10. The van der Waals surface area contributed by atoms with Gasteiger partial charge in [-0.15, -0.1) is 0 Å². The van der Waals surface area contributed by atoms with Gasteiger partial charge < -0.3 is 15.1 Å². The molecule has 2 aromatic heterocycles. The maximum atomic E-state index is 5.66. The highest BCUT2D eigenvalue weighted by atomic mass is 16.3. The van der Waals surface area contributed by atoms with E-state index >= 15 is 0 Å². The van der Waals surface area contributed by atoms with Gasteiger partial charge in [0, 0.05) is 18.5 Å². The second-order valence-electron chi connectivity index (χ2n) is 5.62. The first-order valence-electron chi connectivity index (χ1n) is 7.61. The van der Waals surface area contributed by atoms with Crippen LogP contribution in [0.3, 0.4) is 0 Å². The van der Waals surface area contributed by atoms with Crippen LogP contribution in [0, 0.1) is 6.92 Å². The van der Waals surface area contributed by atoms with E-state index in [4.69, 9.17) is 4.42 Å². The first-order valence-corrected chi connectivity index (χ1v) is 7.61. The molecule has 0 aromatic carbocycles. The van der Waals surface area contributed by atoms with Gasteiger partial charge in [0.1, 0.15) is 29.0 Å². The maximum absolute atomic E-state index is 5.66. The van der Waals surface area contributed by atoms with Gasteiger partial charge in [0.05, 0.1) is 6.04 Å². The highest BCUT2D eigenvalue weighted by Gasteiger charge is 2.27. The molecule has 21 heavy (non-hydrogen) atoms. The number of anilines is 2. The van der Waals surface area contributed by atoms with Crippen LogP contribution in [-0.4, -0.2) is 16.5 Å². The van der Waals surface area contributed by atoms with Gasteiger partial charge in [-0.25, -0.2) is 9.97 Å². The molecule has 1 atom stereocenters. The van der Waals surface area contributed by atoms with Crippen molar-refractivity contribution in [2.45, 2.75) is 45.6 Å². The third-order valence-electron chi connectivity index (χ3n) is 3.60. The Hall–Kier alpha value is -2.04. The summed E-state index contributed by atoms with van der Waals surface area (Å²) >= 11 is 0. The summed E-state index contributed by atoms with van der Waals surface area (Å²) in [6.07, 6.45) is 2.39. The Kier molecular flexibility index (Phi) is 3.82. The molecule has 112 valence electrons. The first-order chi connectivity index (χ1) is 10.2. The van der Waals surface area contributed by atoms with E-state index in [0.717, 1.165) is 35.5 Å². The van der Waals surface area contributed by atoms with Crippen LogP contribution >= 0.6 is 0 Å². The van der Waals surface area contributed by atoms with Crippen molar-refractivity contribution in [1.29, 1.82) is 0 Å². The number of rotatable bonds is 6. The molecule has 1 unspecified atom stereocenters. The predicted octanol–water partition coefficient (Wildman–Crippen LogP) is 3.86.